The highest BCUT2D eigenvalue weighted by Crippen LogP contribution is 2.29. The van der Waals surface area contributed by atoms with Crippen molar-refractivity contribution in [1.82, 2.24) is 0 Å². The maximum atomic E-state index is 11.8. The molecule has 1 unspecified atom stereocenters. The van der Waals surface area contributed by atoms with Gasteiger partial charge in [0.15, 0.2) is 5.78 Å². The lowest BCUT2D eigenvalue weighted by Gasteiger charge is -2.06. The predicted molar refractivity (Wildman–Crippen MR) is 84.4 cm³/mol. The van der Waals surface area contributed by atoms with Gasteiger partial charge < -0.3 is 0 Å². The van der Waals surface area contributed by atoms with Crippen LogP contribution in [-0.2, 0) is 0 Å². The zero-order chi connectivity index (χ0) is 13.2. The van der Waals surface area contributed by atoms with Crippen LogP contribution in [0.2, 0.25) is 0 Å². The molecule has 0 heterocycles. The molecule has 0 spiro atoms. The number of Topliss-reactive ketones (excluding diaryl/α,β-unsaturated/α-hetero) is 1. The van der Waals surface area contributed by atoms with Crippen molar-refractivity contribution in [3.8, 4) is 0 Å². The summed E-state index contributed by atoms with van der Waals surface area (Å²) in [5, 5.41) is 0.737. The molecule has 0 radical (unpaired) electrons. The van der Waals surface area contributed by atoms with Gasteiger partial charge in [0.05, 0.1) is 0 Å². The molecule has 0 fully saturated rings. The maximum absolute atomic E-state index is 11.8. The normalized spacial score (nSPS) is 12.3. The number of hydrogen-bond acceptors (Lipinski definition) is 3. The molecule has 1 nitrogen and oxygen atoms in total. The zero-order valence-corrected chi connectivity index (χ0v) is 12.9. The second kappa shape index (κ2) is 9.51. The molecule has 1 aromatic rings. The van der Waals surface area contributed by atoms with Gasteiger partial charge in [-0.25, -0.2) is 0 Å². The van der Waals surface area contributed by atoms with E-state index in [0.29, 0.717) is 6.42 Å². The summed E-state index contributed by atoms with van der Waals surface area (Å²) >= 11 is 0. The minimum absolute atomic E-state index is 0.273. The summed E-state index contributed by atoms with van der Waals surface area (Å²) in [5.41, 5.74) is 0.846. The first-order valence-electron chi connectivity index (χ1n) is 6.60. The van der Waals surface area contributed by atoms with Crippen LogP contribution in [0.3, 0.4) is 0 Å². The van der Waals surface area contributed by atoms with Gasteiger partial charge in [0.1, 0.15) is 0 Å². The Morgan fingerprint density at radius 3 is 2.61 bits per heavy atom. The first-order valence-corrected chi connectivity index (χ1v) is 8.98. The highest BCUT2D eigenvalue weighted by atomic mass is 33.1. The van der Waals surface area contributed by atoms with Crippen LogP contribution >= 0.6 is 21.6 Å². The number of carbonyl (C=O) groups is 1. The molecule has 0 aliphatic rings. The summed E-state index contributed by atoms with van der Waals surface area (Å²) < 4.78 is 0. The van der Waals surface area contributed by atoms with Crippen molar-refractivity contribution in [3.05, 3.63) is 35.9 Å². The van der Waals surface area contributed by atoms with E-state index in [-0.39, 0.29) is 5.78 Å². The summed E-state index contributed by atoms with van der Waals surface area (Å²) in [5.74, 6) is 1.42. The van der Waals surface area contributed by atoms with Gasteiger partial charge in [-0.1, -0.05) is 65.8 Å². The highest BCUT2D eigenvalue weighted by Gasteiger charge is 2.04. The van der Waals surface area contributed by atoms with Crippen LogP contribution in [0.15, 0.2) is 30.3 Å². The van der Waals surface area contributed by atoms with E-state index in [0.717, 1.165) is 29.4 Å². The summed E-state index contributed by atoms with van der Waals surface area (Å²) in [4.78, 5) is 11.8. The largest absolute Gasteiger partial charge is 0.294 e. The number of rotatable bonds is 9. The lowest BCUT2D eigenvalue weighted by Crippen LogP contribution is -1.98. The molecule has 0 aromatic heterocycles. The average Bonchev–Trinajstić information content (AvgIpc) is 2.43. The molecule has 3 heteroatoms. The van der Waals surface area contributed by atoms with Crippen molar-refractivity contribution in [2.24, 2.45) is 0 Å². The van der Waals surface area contributed by atoms with E-state index in [1.165, 1.54) is 6.42 Å². The molecule has 0 bridgehead atoms. The first-order chi connectivity index (χ1) is 8.74. The Kier molecular flexibility index (Phi) is 8.27. The Labute approximate surface area is 119 Å². The van der Waals surface area contributed by atoms with Crippen LogP contribution in [0.25, 0.3) is 0 Å². The average molecular weight is 282 g/mol. The van der Waals surface area contributed by atoms with E-state index in [1.54, 1.807) is 0 Å². The third-order valence-electron chi connectivity index (χ3n) is 2.78. The molecule has 18 heavy (non-hydrogen) atoms. The Hall–Kier alpha value is -0.410. The van der Waals surface area contributed by atoms with Crippen molar-refractivity contribution >= 4 is 27.4 Å². The molecule has 1 rings (SSSR count). The van der Waals surface area contributed by atoms with Crippen LogP contribution in [0.5, 0.6) is 0 Å². The van der Waals surface area contributed by atoms with Crippen molar-refractivity contribution in [1.29, 1.82) is 0 Å². The van der Waals surface area contributed by atoms with E-state index < -0.39 is 0 Å². The van der Waals surface area contributed by atoms with Gasteiger partial charge in [0.2, 0.25) is 0 Å². The fraction of sp³-hybridized carbons (Fsp3) is 0.533. The molecule has 0 saturated carbocycles. The third kappa shape index (κ3) is 6.50. The Bertz CT molecular complexity index is 338. The summed E-state index contributed by atoms with van der Waals surface area (Å²) in [6.45, 7) is 4.48. The van der Waals surface area contributed by atoms with E-state index >= 15 is 0 Å². The quantitative estimate of drug-likeness (QED) is 0.351. The number of carbonyl (C=O) groups excluding carboxylic acids is 1. The van der Waals surface area contributed by atoms with Gasteiger partial charge in [-0.2, -0.15) is 0 Å². The third-order valence-corrected chi connectivity index (χ3v) is 5.93. The summed E-state index contributed by atoms with van der Waals surface area (Å²) in [6, 6.07) is 9.59. The van der Waals surface area contributed by atoms with E-state index in [4.69, 9.17) is 0 Å². The van der Waals surface area contributed by atoms with Gasteiger partial charge in [-0.3, -0.25) is 4.79 Å². The molecule has 0 amide bonds. The number of unbranched alkanes of at least 4 members (excludes halogenated alkanes) is 1. The van der Waals surface area contributed by atoms with Gasteiger partial charge in [0.25, 0.3) is 0 Å². The van der Waals surface area contributed by atoms with Gasteiger partial charge >= 0.3 is 0 Å². The molecule has 0 saturated heterocycles. The second-order valence-electron chi connectivity index (χ2n) is 4.38. The lowest BCUT2D eigenvalue weighted by molar-refractivity contribution is 0.0980. The van der Waals surface area contributed by atoms with Crippen LogP contribution in [-0.4, -0.2) is 16.8 Å². The number of benzene rings is 1. The van der Waals surface area contributed by atoms with Crippen LogP contribution in [0.4, 0.5) is 0 Å². The van der Waals surface area contributed by atoms with Crippen molar-refractivity contribution in [3.63, 3.8) is 0 Å². The van der Waals surface area contributed by atoms with E-state index in [1.807, 2.05) is 51.9 Å². The number of ketones is 1. The van der Waals surface area contributed by atoms with Gasteiger partial charge in [0, 0.05) is 23.0 Å². The minimum Gasteiger partial charge on any atom is -0.294 e. The fourth-order valence-corrected chi connectivity index (χ4v) is 3.98. The smallest absolute Gasteiger partial charge is 0.162 e. The molecule has 1 aromatic carbocycles. The molecule has 0 aliphatic carbocycles. The molecule has 100 valence electrons. The maximum Gasteiger partial charge on any atom is 0.162 e. The van der Waals surface area contributed by atoms with Crippen molar-refractivity contribution < 1.29 is 4.79 Å². The van der Waals surface area contributed by atoms with Crippen LogP contribution in [0.1, 0.15) is 49.9 Å². The second-order valence-corrected chi connectivity index (χ2v) is 7.31. The van der Waals surface area contributed by atoms with E-state index in [9.17, 15) is 4.79 Å². The summed E-state index contributed by atoms with van der Waals surface area (Å²) in [6.07, 6.45) is 4.04. The molecule has 0 aliphatic heterocycles. The highest BCUT2D eigenvalue weighted by molar-refractivity contribution is 8.76. The lowest BCUT2D eigenvalue weighted by atomic mass is 10.1. The Morgan fingerprint density at radius 2 is 1.94 bits per heavy atom. The fourth-order valence-electron chi connectivity index (χ4n) is 1.45. The first kappa shape index (κ1) is 15.6. The minimum atomic E-state index is 0.273. The van der Waals surface area contributed by atoms with Crippen molar-refractivity contribution in [2.75, 3.05) is 5.75 Å². The Morgan fingerprint density at radius 1 is 1.22 bits per heavy atom. The molecular formula is C15H22OS2. The summed E-state index contributed by atoms with van der Waals surface area (Å²) in [7, 11) is 3.90. The standard InChI is InChI=1S/C15H22OS2/c1-3-13(2)18-17-12-8-7-11-15(16)14-9-5-4-6-10-14/h4-6,9-10,13H,3,7-8,11-12H2,1-2H3. The SMILES string of the molecule is CCC(C)SSCCCCC(=O)c1ccccc1. The molecular weight excluding hydrogens is 260 g/mol. The van der Waals surface area contributed by atoms with Gasteiger partial charge in [-0.15, -0.1) is 0 Å². The molecule has 1 atom stereocenters. The van der Waals surface area contributed by atoms with Crippen molar-refractivity contribution in [2.45, 2.75) is 44.8 Å². The van der Waals surface area contributed by atoms with E-state index in [2.05, 4.69) is 13.8 Å². The van der Waals surface area contributed by atoms with Gasteiger partial charge in [-0.05, 0) is 19.3 Å². The van der Waals surface area contributed by atoms with Crippen LogP contribution in [0, 0.1) is 0 Å². The molecule has 0 N–H and O–H groups in total. The predicted octanol–water partition coefficient (Wildman–Crippen LogP) is 5.22. The van der Waals surface area contributed by atoms with Crippen LogP contribution < -0.4 is 0 Å². The zero-order valence-electron chi connectivity index (χ0n) is 11.2. The Balaban J connectivity index is 2.06. The topological polar surface area (TPSA) is 17.1 Å². The monoisotopic (exact) mass is 282 g/mol. The number of hydrogen-bond donors (Lipinski definition) is 0.